The van der Waals surface area contributed by atoms with Crippen molar-refractivity contribution in [3.63, 3.8) is 0 Å². The van der Waals surface area contributed by atoms with Gasteiger partial charge in [-0.2, -0.15) is 0 Å². The van der Waals surface area contributed by atoms with Gasteiger partial charge in [-0.15, -0.1) is 0 Å². The molecule has 0 spiro atoms. The van der Waals surface area contributed by atoms with Crippen LogP contribution < -0.4 is 0 Å². The topological polar surface area (TPSA) is 0 Å². The van der Waals surface area contributed by atoms with E-state index in [9.17, 15) is 0 Å². The molecule has 5 aromatic rings. The lowest BCUT2D eigenvalue weighted by molar-refractivity contribution is 0.591. The molecule has 5 aromatic carbocycles. The standard InChI is InChI=1S/C38H32/c1-3-14-27(15-4-1)31-22-11-12-24-34(31)38-36(29-16-5-2-6-17-29)26-30-19-8-10-23-33(30)37(38)35-25-13-20-28-18-7-9-21-32(28)35/h2,5-13,16-26,34H,1,3-4,14-15H2. The van der Waals surface area contributed by atoms with Gasteiger partial charge >= 0.3 is 0 Å². The Hall–Kier alpha value is -4.16. The fourth-order valence-electron chi connectivity index (χ4n) is 6.68. The minimum Gasteiger partial charge on any atom is -0.0726 e. The summed E-state index contributed by atoms with van der Waals surface area (Å²) in [7, 11) is 0. The van der Waals surface area contributed by atoms with Crippen molar-refractivity contribution >= 4 is 21.5 Å². The molecule has 1 saturated carbocycles. The number of allylic oxidation sites excluding steroid dienone is 6. The summed E-state index contributed by atoms with van der Waals surface area (Å²) in [5.74, 6) is 0.224. The molecule has 38 heavy (non-hydrogen) atoms. The second-order valence-corrected chi connectivity index (χ2v) is 10.7. The molecule has 2 aliphatic carbocycles. The van der Waals surface area contributed by atoms with E-state index >= 15 is 0 Å². The molecule has 0 nitrogen and oxygen atoms in total. The zero-order valence-electron chi connectivity index (χ0n) is 21.7. The van der Waals surface area contributed by atoms with Crippen molar-refractivity contribution in [2.24, 2.45) is 0 Å². The molecule has 0 heterocycles. The Balaban J connectivity index is 1.63. The van der Waals surface area contributed by atoms with Gasteiger partial charge in [0, 0.05) is 5.92 Å². The van der Waals surface area contributed by atoms with Crippen LogP contribution in [0.15, 0.2) is 139 Å². The lowest BCUT2D eigenvalue weighted by Gasteiger charge is -2.29. The fraction of sp³-hybridized carbons (Fsp3) is 0.158. The van der Waals surface area contributed by atoms with Gasteiger partial charge in [-0.1, -0.05) is 133 Å². The van der Waals surface area contributed by atoms with Gasteiger partial charge in [0.2, 0.25) is 0 Å². The highest BCUT2D eigenvalue weighted by molar-refractivity contribution is 6.09. The Bertz CT molecular complexity index is 1720. The molecule has 0 aromatic heterocycles. The maximum atomic E-state index is 2.45. The summed E-state index contributed by atoms with van der Waals surface area (Å²) in [5, 5.41) is 5.22. The highest BCUT2D eigenvalue weighted by atomic mass is 14.3. The van der Waals surface area contributed by atoms with Crippen LogP contribution in [0.4, 0.5) is 0 Å². The molecule has 2 aliphatic rings. The van der Waals surface area contributed by atoms with Crippen LogP contribution in [0.5, 0.6) is 0 Å². The van der Waals surface area contributed by atoms with Crippen LogP contribution in [-0.4, -0.2) is 0 Å². The predicted octanol–water partition coefficient (Wildman–Crippen LogP) is 10.8. The van der Waals surface area contributed by atoms with Crippen molar-refractivity contribution < 1.29 is 0 Å². The molecule has 0 aliphatic heterocycles. The quantitative estimate of drug-likeness (QED) is 0.237. The van der Waals surface area contributed by atoms with Crippen molar-refractivity contribution in [3.8, 4) is 22.3 Å². The van der Waals surface area contributed by atoms with E-state index in [1.807, 2.05) is 0 Å². The van der Waals surface area contributed by atoms with Gasteiger partial charge in [-0.05, 0) is 86.7 Å². The number of hydrogen-bond acceptors (Lipinski definition) is 0. The SMILES string of the molecule is C1=CC(=C2CCCCC2)C(c2c(-c3ccccc3)cc3ccccc3c2-c2cccc3ccccc23)C=C1. The van der Waals surface area contributed by atoms with Crippen LogP contribution in [0.2, 0.25) is 0 Å². The Morgan fingerprint density at radius 1 is 0.553 bits per heavy atom. The third-order valence-corrected chi connectivity index (χ3v) is 8.44. The van der Waals surface area contributed by atoms with Crippen molar-refractivity contribution in [2.75, 3.05) is 0 Å². The van der Waals surface area contributed by atoms with Crippen LogP contribution in [0.3, 0.4) is 0 Å². The van der Waals surface area contributed by atoms with Crippen molar-refractivity contribution in [1.82, 2.24) is 0 Å². The third kappa shape index (κ3) is 4.02. The van der Waals surface area contributed by atoms with Gasteiger partial charge < -0.3 is 0 Å². The maximum absolute atomic E-state index is 2.45. The van der Waals surface area contributed by atoms with Gasteiger partial charge in [0.1, 0.15) is 0 Å². The summed E-state index contributed by atoms with van der Waals surface area (Å²) in [6.45, 7) is 0. The normalized spacial score (nSPS) is 17.4. The summed E-state index contributed by atoms with van der Waals surface area (Å²) in [5.41, 5.74) is 9.91. The molecule has 7 rings (SSSR count). The smallest absolute Gasteiger partial charge is 0.0284 e. The summed E-state index contributed by atoms with van der Waals surface area (Å²) in [6, 6.07) is 38.0. The van der Waals surface area contributed by atoms with E-state index in [1.165, 1.54) is 87.0 Å². The van der Waals surface area contributed by atoms with E-state index < -0.39 is 0 Å². The Morgan fingerprint density at radius 2 is 1.26 bits per heavy atom. The van der Waals surface area contributed by atoms with Crippen LogP contribution >= 0.6 is 0 Å². The molecular formula is C38H32. The third-order valence-electron chi connectivity index (χ3n) is 8.44. The van der Waals surface area contributed by atoms with Gasteiger partial charge in [0.25, 0.3) is 0 Å². The van der Waals surface area contributed by atoms with E-state index in [0.717, 1.165) is 0 Å². The first-order chi connectivity index (χ1) is 18.9. The molecule has 0 bridgehead atoms. The summed E-state index contributed by atoms with van der Waals surface area (Å²) in [4.78, 5) is 0. The van der Waals surface area contributed by atoms with E-state index in [-0.39, 0.29) is 5.92 Å². The number of fused-ring (bicyclic) bond motifs is 2. The Morgan fingerprint density at radius 3 is 2.11 bits per heavy atom. The van der Waals surface area contributed by atoms with Crippen LogP contribution in [0.25, 0.3) is 43.8 Å². The average Bonchev–Trinajstić information content (AvgIpc) is 3.01. The lowest BCUT2D eigenvalue weighted by Crippen LogP contribution is -2.10. The monoisotopic (exact) mass is 488 g/mol. The van der Waals surface area contributed by atoms with Crippen molar-refractivity contribution in [2.45, 2.75) is 38.0 Å². The Labute approximate surface area is 225 Å². The second-order valence-electron chi connectivity index (χ2n) is 10.7. The fourth-order valence-corrected chi connectivity index (χ4v) is 6.68. The molecule has 0 radical (unpaired) electrons. The summed E-state index contributed by atoms with van der Waals surface area (Å²) < 4.78 is 0. The second kappa shape index (κ2) is 9.95. The average molecular weight is 489 g/mol. The van der Waals surface area contributed by atoms with E-state index in [0.29, 0.717) is 0 Å². The summed E-state index contributed by atoms with van der Waals surface area (Å²) in [6.07, 6.45) is 15.8. The predicted molar refractivity (Wildman–Crippen MR) is 163 cm³/mol. The highest BCUT2D eigenvalue weighted by Gasteiger charge is 2.27. The molecule has 0 saturated heterocycles. The minimum absolute atomic E-state index is 0.224. The molecule has 0 N–H and O–H groups in total. The largest absolute Gasteiger partial charge is 0.0726 e. The van der Waals surface area contributed by atoms with Crippen LogP contribution in [-0.2, 0) is 0 Å². The minimum atomic E-state index is 0.224. The van der Waals surface area contributed by atoms with Crippen molar-refractivity contribution in [1.29, 1.82) is 0 Å². The van der Waals surface area contributed by atoms with Crippen molar-refractivity contribution in [3.05, 3.63) is 144 Å². The molecule has 1 fully saturated rings. The van der Waals surface area contributed by atoms with Gasteiger partial charge in [-0.3, -0.25) is 0 Å². The first-order valence-corrected chi connectivity index (χ1v) is 14.0. The molecule has 1 unspecified atom stereocenters. The zero-order chi connectivity index (χ0) is 25.3. The first-order valence-electron chi connectivity index (χ1n) is 14.0. The van der Waals surface area contributed by atoms with E-state index in [2.05, 4.69) is 127 Å². The van der Waals surface area contributed by atoms with Crippen LogP contribution in [0, 0.1) is 0 Å². The zero-order valence-corrected chi connectivity index (χ0v) is 21.7. The molecule has 0 amide bonds. The summed E-state index contributed by atoms with van der Waals surface area (Å²) >= 11 is 0. The number of benzene rings is 5. The lowest BCUT2D eigenvalue weighted by atomic mass is 9.74. The highest BCUT2D eigenvalue weighted by Crippen LogP contribution is 2.49. The number of rotatable bonds is 3. The van der Waals surface area contributed by atoms with Crippen LogP contribution in [0.1, 0.15) is 43.6 Å². The number of hydrogen-bond donors (Lipinski definition) is 0. The first kappa shape index (κ1) is 23.0. The molecular weight excluding hydrogens is 456 g/mol. The van der Waals surface area contributed by atoms with Gasteiger partial charge in [-0.25, -0.2) is 0 Å². The molecule has 184 valence electrons. The molecule has 0 heteroatoms. The van der Waals surface area contributed by atoms with Gasteiger partial charge in [0.15, 0.2) is 0 Å². The van der Waals surface area contributed by atoms with Gasteiger partial charge in [0.05, 0.1) is 0 Å². The molecule has 1 atom stereocenters. The maximum Gasteiger partial charge on any atom is 0.0284 e. The van der Waals surface area contributed by atoms with E-state index in [1.54, 1.807) is 5.57 Å². The van der Waals surface area contributed by atoms with E-state index in [4.69, 9.17) is 0 Å². The Kier molecular flexibility index (Phi) is 6.02.